The lowest BCUT2D eigenvalue weighted by molar-refractivity contribution is 0.446. The fraction of sp³-hybridized carbons (Fsp3) is 0.400. The highest BCUT2D eigenvalue weighted by Crippen LogP contribution is 2.18. The van der Waals surface area contributed by atoms with Crippen LogP contribution in [0.1, 0.15) is 0 Å². The average Bonchev–Trinajstić information content (AvgIpc) is 2.32. The van der Waals surface area contributed by atoms with Gasteiger partial charge in [-0.25, -0.2) is 17.2 Å². The Balaban J connectivity index is 3.13. The van der Waals surface area contributed by atoms with Gasteiger partial charge in [-0.1, -0.05) is 0 Å². The fourth-order valence-corrected chi connectivity index (χ4v) is 3.39. The van der Waals surface area contributed by atoms with Crippen molar-refractivity contribution in [1.29, 1.82) is 0 Å². The van der Waals surface area contributed by atoms with Crippen molar-refractivity contribution in [1.82, 2.24) is 4.31 Å². The van der Waals surface area contributed by atoms with E-state index in [4.69, 9.17) is 23.2 Å². The summed E-state index contributed by atoms with van der Waals surface area (Å²) in [5.74, 6) is -2.15. The smallest absolute Gasteiger partial charge is 0.207 e. The van der Waals surface area contributed by atoms with Crippen molar-refractivity contribution >= 4 is 33.2 Å². The topological polar surface area (TPSA) is 37.4 Å². The van der Waals surface area contributed by atoms with Gasteiger partial charge in [0, 0.05) is 24.8 Å². The highest BCUT2D eigenvalue weighted by molar-refractivity contribution is 7.89. The van der Waals surface area contributed by atoms with Gasteiger partial charge in [0.05, 0.1) is 4.90 Å². The molecule has 0 N–H and O–H groups in total. The first-order chi connectivity index (χ1) is 8.43. The summed E-state index contributed by atoms with van der Waals surface area (Å²) in [6.45, 7) is 0.102. The summed E-state index contributed by atoms with van der Waals surface area (Å²) in [6.07, 6.45) is 0. The number of nitrogens with zero attached hydrogens (tertiary/aromatic N) is 1. The summed E-state index contributed by atoms with van der Waals surface area (Å²) >= 11 is 11.0. The Morgan fingerprint density at radius 1 is 1.06 bits per heavy atom. The minimum Gasteiger partial charge on any atom is -0.207 e. The molecule has 0 heterocycles. The molecule has 3 nitrogen and oxygen atoms in total. The van der Waals surface area contributed by atoms with Crippen molar-refractivity contribution in [3.63, 3.8) is 0 Å². The summed E-state index contributed by atoms with van der Waals surface area (Å²) in [5.41, 5.74) is 0. The molecular formula is C10H11Cl2F2NO2S. The van der Waals surface area contributed by atoms with E-state index in [1.807, 2.05) is 0 Å². The fourth-order valence-electron chi connectivity index (χ4n) is 1.33. The van der Waals surface area contributed by atoms with Crippen LogP contribution in [0.5, 0.6) is 0 Å². The first kappa shape index (κ1) is 15.6. The molecule has 0 radical (unpaired) electrons. The maximum Gasteiger partial charge on any atom is 0.243 e. The largest absolute Gasteiger partial charge is 0.243 e. The molecule has 1 rings (SSSR count). The van der Waals surface area contributed by atoms with E-state index in [1.165, 1.54) is 0 Å². The van der Waals surface area contributed by atoms with Crippen LogP contribution in [0.15, 0.2) is 23.1 Å². The van der Waals surface area contributed by atoms with E-state index in [2.05, 4.69) is 0 Å². The molecule has 0 saturated carbocycles. The summed E-state index contributed by atoms with van der Waals surface area (Å²) in [4.78, 5) is -0.323. The highest BCUT2D eigenvalue weighted by Gasteiger charge is 2.24. The predicted molar refractivity (Wildman–Crippen MR) is 66.6 cm³/mol. The molecule has 0 atom stereocenters. The molecule has 8 heteroatoms. The van der Waals surface area contributed by atoms with E-state index in [9.17, 15) is 17.2 Å². The molecule has 0 spiro atoms. The molecule has 1 aromatic rings. The zero-order valence-electron chi connectivity index (χ0n) is 9.24. The second-order valence-electron chi connectivity index (χ2n) is 3.36. The molecule has 0 aliphatic heterocycles. The van der Waals surface area contributed by atoms with Gasteiger partial charge < -0.3 is 0 Å². The van der Waals surface area contributed by atoms with E-state index in [-0.39, 0.29) is 29.7 Å². The number of benzene rings is 1. The number of alkyl halides is 2. The predicted octanol–water partition coefficient (Wildman–Crippen LogP) is 2.43. The third-order valence-electron chi connectivity index (χ3n) is 2.20. The molecule has 0 amide bonds. The Kier molecular flexibility index (Phi) is 5.78. The lowest BCUT2D eigenvalue weighted by atomic mass is 10.3. The van der Waals surface area contributed by atoms with Crippen LogP contribution in [-0.2, 0) is 10.0 Å². The van der Waals surface area contributed by atoms with Crippen LogP contribution in [0.2, 0.25) is 0 Å². The maximum atomic E-state index is 13.0. The monoisotopic (exact) mass is 317 g/mol. The van der Waals surface area contributed by atoms with E-state index >= 15 is 0 Å². The zero-order valence-corrected chi connectivity index (χ0v) is 11.6. The molecule has 0 aliphatic rings. The van der Waals surface area contributed by atoms with Gasteiger partial charge >= 0.3 is 0 Å². The summed E-state index contributed by atoms with van der Waals surface area (Å²) in [7, 11) is -3.91. The van der Waals surface area contributed by atoms with Crippen molar-refractivity contribution in [3.8, 4) is 0 Å². The Bertz CT molecular complexity index is 505. The van der Waals surface area contributed by atoms with Crippen LogP contribution in [0.25, 0.3) is 0 Å². The van der Waals surface area contributed by atoms with Gasteiger partial charge in [0.15, 0.2) is 11.6 Å². The van der Waals surface area contributed by atoms with E-state index in [1.54, 1.807) is 0 Å². The summed E-state index contributed by atoms with van der Waals surface area (Å²) in [5, 5.41) is 0. The number of halogens is 4. The highest BCUT2D eigenvalue weighted by atomic mass is 35.5. The molecule has 102 valence electrons. The first-order valence-corrected chi connectivity index (χ1v) is 7.51. The normalized spacial score (nSPS) is 12.1. The van der Waals surface area contributed by atoms with Crippen molar-refractivity contribution < 1.29 is 17.2 Å². The van der Waals surface area contributed by atoms with Crippen molar-refractivity contribution in [2.45, 2.75) is 4.90 Å². The van der Waals surface area contributed by atoms with Crippen molar-refractivity contribution in [2.24, 2.45) is 0 Å². The van der Waals surface area contributed by atoms with Gasteiger partial charge in [-0.2, -0.15) is 4.31 Å². The lowest BCUT2D eigenvalue weighted by Crippen LogP contribution is -2.34. The first-order valence-electron chi connectivity index (χ1n) is 5.00. The Morgan fingerprint density at radius 2 is 1.61 bits per heavy atom. The average molecular weight is 318 g/mol. The Labute approximate surface area is 114 Å². The second kappa shape index (κ2) is 6.65. The molecule has 1 aromatic carbocycles. The lowest BCUT2D eigenvalue weighted by Gasteiger charge is -2.20. The van der Waals surface area contributed by atoms with Gasteiger partial charge in [0.2, 0.25) is 10.0 Å². The van der Waals surface area contributed by atoms with Gasteiger partial charge in [-0.05, 0) is 18.2 Å². The minimum absolute atomic E-state index is 0.0512. The Hall–Kier alpha value is -0.430. The second-order valence-corrected chi connectivity index (χ2v) is 6.05. The number of sulfonamides is 1. The molecular weight excluding hydrogens is 307 g/mol. The third kappa shape index (κ3) is 3.54. The molecule has 0 aromatic heterocycles. The van der Waals surface area contributed by atoms with Gasteiger partial charge in [0.1, 0.15) is 0 Å². The van der Waals surface area contributed by atoms with Gasteiger partial charge in [0.25, 0.3) is 0 Å². The van der Waals surface area contributed by atoms with Crippen molar-refractivity contribution in [3.05, 3.63) is 29.8 Å². The third-order valence-corrected chi connectivity index (χ3v) is 4.43. The molecule has 0 unspecified atom stereocenters. The van der Waals surface area contributed by atoms with Crippen LogP contribution >= 0.6 is 23.2 Å². The van der Waals surface area contributed by atoms with Crippen LogP contribution in [0.4, 0.5) is 8.78 Å². The quantitative estimate of drug-likeness (QED) is 0.756. The number of rotatable bonds is 6. The molecule has 0 aliphatic carbocycles. The van der Waals surface area contributed by atoms with Crippen LogP contribution in [0.3, 0.4) is 0 Å². The van der Waals surface area contributed by atoms with Crippen LogP contribution < -0.4 is 0 Å². The molecule has 0 fully saturated rings. The minimum atomic E-state index is -3.91. The summed E-state index contributed by atoms with van der Waals surface area (Å²) in [6, 6.07) is 2.41. The van der Waals surface area contributed by atoms with E-state index in [0.29, 0.717) is 6.07 Å². The zero-order chi connectivity index (χ0) is 13.8. The Morgan fingerprint density at radius 3 is 2.06 bits per heavy atom. The molecule has 18 heavy (non-hydrogen) atoms. The standard InChI is InChI=1S/C10H11Cl2F2NO2S/c11-3-5-15(6-4-12)18(16,17)8-1-2-9(13)10(14)7-8/h1-2,7H,3-6H2. The molecule has 0 saturated heterocycles. The van der Waals surface area contributed by atoms with Gasteiger partial charge in [-0.15, -0.1) is 23.2 Å². The number of hydrogen-bond acceptors (Lipinski definition) is 2. The maximum absolute atomic E-state index is 13.0. The van der Waals surface area contributed by atoms with Crippen LogP contribution in [0, 0.1) is 11.6 Å². The number of hydrogen-bond donors (Lipinski definition) is 0. The molecule has 0 bridgehead atoms. The van der Waals surface area contributed by atoms with Gasteiger partial charge in [-0.3, -0.25) is 0 Å². The van der Waals surface area contributed by atoms with E-state index in [0.717, 1.165) is 16.4 Å². The summed E-state index contributed by atoms with van der Waals surface area (Å²) < 4.78 is 51.0. The van der Waals surface area contributed by atoms with E-state index < -0.39 is 21.7 Å². The van der Waals surface area contributed by atoms with Crippen LogP contribution in [-0.4, -0.2) is 37.6 Å². The SMILES string of the molecule is O=S(=O)(c1ccc(F)c(F)c1)N(CCCl)CCCl. The van der Waals surface area contributed by atoms with Crippen molar-refractivity contribution in [2.75, 3.05) is 24.8 Å².